The van der Waals surface area contributed by atoms with E-state index in [1.165, 1.54) is 16.7 Å². The number of halogens is 1. The summed E-state index contributed by atoms with van der Waals surface area (Å²) in [6.07, 6.45) is 6.46. The molecule has 0 aliphatic carbocycles. The van der Waals surface area contributed by atoms with Crippen LogP contribution in [0.25, 0.3) is 0 Å². The van der Waals surface area contributed by atoms with Crippen LogP contribution >= 0.6 is 24.0 Å². The van der Waals surface area contributed by atoms with Crippen molar-refractivity contribution in [1.29, 1.82) is 0 Å². The van der Waals surface area contributed by atoms with Gasteiger partial charge in [0.15, 0.2) is 5.96 Å². The number of benzene rings is 2. The summed E-state index contributed by atoms with van der Waals surface area (Å²) in [6.45, 7) is 2.34. The van der Waals surface area contributed by atoms with Crippen LogP contribution in [0.5, 0.6) is 5.75 Å². The maximum atomic E-state index is 5.40. The van der Waals surface area contributed by atoms with E-state index in [4.69, 9.17) is 4.74 Å². The molecule has 3 rings (SSSR count). The van der Waals surface area contributed by atoms with Gasteiger partial charge in [0.25, 0.3) is 0 Å². The van der Waals surface area contributed by atoms with Crippen LogP contribution in [0.15, 0.2) is 72.2 Å². The standard InChI is InChI=1S/C22H27N5O.HI/c1-23-22(25-12-11-20-5-3-4-6-21(20)28-2)26-15-18-7-9-19(10-8-18)16-27-14-13-24-17-27;/h3-10,13-14,17H,11-12,15-16H2,1-2H3,(H2,23,25,26);1H. The first-order valence-corrected chi connectivity index (χ1v) is 9.38. The third-order valence-corrected chi connectivity index (χ3v) is 4.51. The van der Waals surface area contributed by atoms with Crippen LogP contribution in [0.4, 0.5) is 0 Å². The number of guanidine groups is 1. The number of aliphatic imine (C=N–C) groups is 1. The van der Waals surface area contributed by atoms with Crippen LogP contribution in [-0.4, -0.2) is 36.2 Å². The highest BCUT2D eigenvalue weighted by Gasteiger charge is 2.03. The number of rotatable bonds is 8. The van der Waals surface area contributed by atoms with Crippen molar-refractivity contribution in [3.8, 4) is 5.75 Å². The van der Waals surface area contributed by atoms with Gasteiger partial charge in [-0.3, -0.25) is 4.99 Å². The number of nitrogens with one attached hydrogen (secondary N) is 2. The van der Waals surface area contributed by atoms with Gasteiger partial charge in [-0.1, -0.05) is 42.5 Å². The second-order valence-electron chi connectivity index (χ2n) is 6.47. The molecule has 0 amide bonds. The van der Waals surface area contributed by atoms with E-state index < -0.39 is 0 Å². The zero-order valence-corrected chi connectivity index (χ0v) is 19.2. The third kappa shape index (κ3) is 7.08. The molecule has 0 aliphatic heterocycles. The molecule has 0 bridgehead atoms. The van der Waals surface area contributed by atoms with Gasteiger partial charge < -0.3 is 19.9 Å². The van der Waals surface area contributed by atoms with E-state index >= 15 is 0 Å². The first kappa shape index (κ1) is 22.7. The van der Waals surface area contributed by atoms with Crippen LogP contribution < -0.4 is 15.4 Å². The monoisotopic (exact) mass is 505 g/mol. The Balaban J connectivity index is 0.00000300. The maximum absolute atomic E-state index is 5.40. The second kappa shape index (κ2) is 12.1. The molecule has 0 fully saturated rings. The topological polar surface area (TPSA) is 63.5 Å². The highest BCUT2D eigenvalue weighted by Crippen LogP contribution is 2.17. The molecule has 154 valence electrons. The molecule has 2 aromatic carbocycles. The lowest BCUT2D eigenvalue weighted by Crippen LogP contribution is -2.37. The average molecular weight is 505 g/mol. The lowest BCUT2D eigenvalue weighted by Gasteiger charge is -2.13. The summed E-state index contributed by atoms with van der Waals surface area (Å²) in [5.74, 6) is 1.71. The molecule has 2 N–H and O–H groups in total. The molecule has 7 heteroatoms. The highest BCUT2D eigenvalue weighted by atomic mass is 127. The summed E-state index contributed by atoms with van der Waals surface area (Å²) in [5, 5.41) is 6.71. The molecular formula is C22H28IN5O. The summed E-state index contributed by atoms with van der Waals surface area (Å²) in [7, 11) is 3.49. The van der Waals surface area contributed by atoms with Crippen molar-refractivity contribution in [3.63, 3.8) is 0 Å². The molecule has 3 aromatic rings. The van der Waals surface area contributed by atoms with Crippen molar-refractivity contribution >= 4 is 29.9 Å². The van der Waals surface area contributed by atoms with Crippen molar-refractivity contribution in [2.75, 3.05) is 20.7 Å². The average Bonchev–Trinajstić information content (AvgIpc) is 3.25. The molecule has 0 atom stereocenters. The summed E-state index contributed by atoms with van der Waals surface area (Å²) >= 11 is 0. The summed E-state index contributed by atoms with van der Waals surface area (Å²) < 4.78 is 7.45. The summed E-state index contributed by atoms with van der Waals surface area (Å²) in [6, 6.07) is 16.7. The Kier molecular flexibility index (Phi) is 9.49. The normalized spacial score (nSPS) is 10.9. The van der Waals surface area contributed by atoms with E-state index in [9.17, 15) is 0 Å². The van der Waals surface area contributed by atoms with Gasteiger partial charge in [-0.05, 0) is 29.2 Å². The van der Waals surface area contributed by atoms with Crippen LogP contribution in [0.3, 0.4) is 0 Å². The molecule has 29 heavy (non-hydrogen) atoms. The van der Waals surface area contributed by atoms with Gasteiger partial charge in [-0.15, -0.1) is 24.0 Å². The van der Waals surface area contributed by atoms with Gasteiger partial charge in [0.2, 0.25) is 0 Å². The van der Waals surface area contributed by atoms with E-state index in [0.717, 1.165) is 37.8 Å². The first-order chi connectivity index (χ1) is 13.8. The summed E-state index contributed by atoms with van der Waals surface area (Å²) in [5.41, 5.74) is 3.64. The molecule has 1 heterocycles. The number of nitrogens with zero attached hydrogens (tertiary/aromatic N) is 3. The van der Waals surface area contributed by atoms with E-state index in [0.29, 0.717) is 0 Å². The molecule has 0 saturated carbocycles. The minimum absolute atomic E-state index is 0. The largest absolute Gasteiger partial charge is 0.496 e. The van der Waals surface area contributed by atoms with Gasteiger partial charge in [0.1, 0.15) is 5.75 Å². The maximum Gasteiger partial charge on any atom is 0.191 e. The van der Waals surface area contributed by atoms with Gasteiger partial charge >= 0.3 is 0 Å². The molecule has 0 radical (unpaired) electrons. The van der Waals surface area contributed by atoms with Crippen LogP contribution in [0.2, 0.25) is 0 Å². The zero-order valence-electron chi connectivity index (χ0n) is 16.8. The first-order valence-electron chi connectivity index (χ1n) is 9.38. The molecule has 0 spiro atoms. The van der Waals surface area contributed by atoms with Crippen molar-refractivity contribution in [2.24, 2.45) is 4.99 Å². The molecule has 1 aromatic heterocycles. The van der Waals surface area contributed by atoms with Crippen molar-refractivity contribution in [2.45, 2.75) is 19.5 Å². The quantitative estimate of drug-likeness (QED) is 0.280. The van der Waals surface area contributed by atoms with Crippen molar-refractivity contribution in [3.05, 3.63) is 83.9 Å². The number of ether oxygens (including phenoxy) is 1. The Morgan fingerprint density at radius 1 is 1.07 bits per heavy atom. The summed E-state index contributed by atoms with van der Waals surface area (Å²) in [4.78, 5) is 8.37. The van der Waals surface area contributed by atoms with E-state index in [1.807, 2.05) is 30.7 Å². The van der Waals surface area contributed by atoms with Gasteiger partial charge in [0.05, 0.1) is 13.4 Å². The Morgan fingerprint density at radius 2 is 1.83 bits per heavy atom. The SMILES string of the molecule is CN=C(NCCc1ccccc1OC)NCc1ccc(Cn2ccnc2)cc1.I. The van der Waals surface area contributed by atoms with Gasteiger partial charge in [-0.2, -0.15) is 0 Å². The van der Waals surface area contributed by atoms with E-state index in [-0.39, 0.29) is 24.0 Å². The highest BCUT2D eigenvalue weighted by molar-refractivity contribution is 14.0. The third-order valence-electron chi connectivity index (χ3n) is 4.51. The molecule has 0 unspecified atom stereocenters. The molecule has 0 aliphatic rings. The van der Waals surface area contributed by atoms with Crippen LogP contribution in [-0.2, 0) is 19.5 Å². The van der Waals surface area contributed by atoms with Gasteiger partial charge in [-0.25, -0.2) is 4.98 Å². The van der Waals surface area contributed by atoms with Crippen LogP contribution in [0.1, 0.15) is 16.7 Å². The number of imidazole rings is 1. The number of hydrogen-bond acceptors (Lipinski definition) is 3. The fraction of sp³-hybridized carbons (Fsp3) is 0.273. The van der Waals surface area contributed by atoms with Crippen molar-refractivity contribution in [1.82, 2.24) is 20.2 Å². The predicted molar refractivity (Wildman–Crippen MR) is 128 cm³/mol. The predicted octanol–water partition coefficient (Wildman–Crippen LogP) is 3.47. The fourth-order valence-electron chi connectivity index (χ4n) is 2.99. The molecular weight excluding hydrogens is 477 g/mol. The number of para-hydroxylation sites is 1. The minimum atomic E-state index is 0. The lowest BCUT2D eigenvalue weighted by molar-refractivity contribution is 0.409. The molecule has 0 saturated heterocycles. The minimum Gasteiger partial charge on any atom is -0.496 e. The van der Waals surface area contributed by atoms with Crippen LogP contribution in [0, 0.1) is 0 Å². The smallest absolute Gasteiger partial charge is 0.191 e. The molecule has 6 nitrogen and oxygen atoms in total. The Labute approximate surface area is 189 Å². The Bertz CT molecular complexity index is 878. The Hall–Kier alpha value is -2.55. The number of aromatic nitrogens is 2. The lowest BCUT2D eigenvalue weighted by atomic mass is 10.1. The Morgan fingerprint density at radius 3 is 2.52 bits per heavy atom. The van der Waals surface area contributed by atoms with Crippen molar-refractivity contribution < 1.29 is 4.74 Å². The fourth-order valence-corrected chi connectivity index (χ4v) is 2.99. The van der Waals surface area contributed by atoms with E-state index in [1.54, 1.807) is 20.4 Å². The van der Waals surface area contributed by atoms with Gasteiger partial charge in [0, 0.05) is 39.1 Å². The second-order valence-corrected chi connectivity index (χ2v) is 6.47. The van der Waals surface area contributed by atoms with E-state index in [2.05, 4.69) is 55.5 Å². The number of hydrogen-bond donors (Lipinski definition) is 2. The number of methoxy groups -OCH3 is 1. The zero-order chi connectivity index (χ0) is 19.6.